The average molecular weight is 373 g/mol. The van der Waals surface area contributed by atoms with Crippen molar-refractivity contribution in [1.29, 1.82) is 0 Å². The highest BCUT2D eigenvalue weighted by Gasteiger charge is 2.23. The van der Waals surface area contributed by atoms with Crippen molar-refractivity contribution in [3.05, 3.63) is 35.9 Å². The lowest BCUT2D eigenvalue weighted by Crippen LogP contribution is -2.44. The number of urea groups is 1. The molecule has 1 aliphatic heterocycles. The zero-order chi connectivity index (χ0) is 18.9. The number of rotatable bonds is 7. The topological polar surface area (TPSA) is 73.5 Å². The van der Waals surface area contributed by atoms with E-state index in [9.17, 15) is 9.59 Å². The fourth-order valence-corrected chi connectivity index (χ4v) is 4.01. The molecule has 27 heavy (non-hydrogen) atoms. The van der Waals surface area contributed by atoms with Gasteiger partial charge in [-0.15, -0.1) is 0 Å². The van der Waals surface area contributed by atoms with Crippen molar-refractivity contribution < 1.29 is 9.59 Å². The zero-order valence-electron chi connectivity index (χ0n) is 16.1. The predicted molar refractivity (Wildman–Crippen MR) is 106 cm³/mol. The quantitative estimate of drug-likeness (QED) is 0.688. The molecule has 1 aliphatic carbocycles. The predicted octanol–water partition coefficient (Wildman–Crippen LogP) is 2.40. The van der Waals surface area contributed by atoms with Crippen molar-refractivity contribution in [1.82, 2.24) is 20.9 Å². The number of likely N-dealkylation sites (tertiary alicyclic amines) is 1. The van der Waals surface area contributed by atoms with Crippen LogP contribution in [0.1, 0.15) is 50.5 Å². The van der Waals surface area contributed by atoms with Crippen LogP contribution in [0.2, 0.25) is 0 Å². The monoisotopic (exact) mass is 372 g/mol. The Labute approximate surface area is 162 Å². The summed E-state index contributed by atoms with van der Waals surface area (Å²) in [6, 6.07) is 10.8. The molecule has 1 unspecified atom stereocenters. The van der Waals surface area contributed by atoms with Crippen molar-refractivity contribution in [3.63, 3.8) is 0 Å². The number of carbonyl (C=O) groups excluding carboxylic acids is 2. The molecule has 2 aliphatic rings. The van der Waals surface area contributed by atoms with E-state index in [0.29, 0.717) is 19.0 Å². The number of nitrogens with one attached hydrogen (secondary N) is 3. The van der Waals surface area contributed by atoms with E-state index in [1.807, 2.05) is 6.07 Å². The molecule has 0 aromatic heterocycles. The molecule has 1 saturated carbocycles. The summed E-state index contributed by atoms with van der Waals surface area (Å²) in [7, 11) is 0. The van der Waals surface area contributed by atoms with Gasteiger partial charge in [0.25, 0.3) is 0 Å². The second-order valence-electron chi connectivity index (χ2n) is 7.76. The van der Waals surface area contributed by atoms with Gasteiger partial charge in [0.1, 0.15) is 0 Å². The minimum Gasteiger partial charge on any atom is -0.352 e. The van der Waals surface area contributed by atoms with Crippen LogP contribution in [0.5, 0.6) is 0 Å². The van der Waals surface area contributed by atoms with Crippen molar-refractivity contribution in [2.75, 3.05) is 19.6 Å². The van der Waals surface area contributed by atoms with Gasteiger partial charge >= 0.3 is 6.03 Å². The molecule has 1 saturated heterocycles. The highest BCUT2D eigenvalue weighted by molar-refractivity contribution is 5.78. The van der Waals surface area contributed by atoms with E-state index < -0.39 is 0 Å². The first-order valence-electron chi connectivity index (χ1n) is 10.3. The Balaban J connectivity index is 1.27. The molecule has 148 valence electrons. The van der Waals surface area contributed by atoms with Crippen molar-refractivity contribution in [2.45, 2.75) is 63.6 Å². The molecule has 3 N–H and O–H groups in total. The second kappa shape index (κ2) is 10.3. The van der Waals surface area contributed by atoms with E-state index in [2.05, 4.69) is 45.1 Å². The number of nitrogens with zero attached hydrogens (tertiary/aromatic N) is 1. The summed E-state index contributed by atoms with van der Waals surface area (Å²) in [4.78, 5) is 26.4. The smallest absolute Gasteiger partial charge is 0.315 e. The third-order valence-corrected chi connectivity index (χ3v) is 5.46. The Morgan fingerprint density at radius 2 is 1.74 bits per heavy atom. The van der Waals surface area contributed by atoms with E-state index in [-0.39, 0.29) is 18.0 Å². The first kappa shape index (κ1) is 19.7. The van der Waals surface area contributed by atoms with Gasteiger partial charge in [-0.2, -0.15) is 0 Å². The lowest BCUT2D eigenvalue weighted by molar-refractivity contribution is -0.121. The van der Waals surface area contributed by atoms with E-state index in [1.165, 1.54) is 24.8 Å². The highest BCUT2D eigenvalue weighted by Crippen LogP contribution is 2.17. The maximum atomic E-state index is 12.1. The molecule has 0 radical (unpaired) electrons. The van der Waals surface area contributed by atoms with Crippen molar-refractivity contribution in [2.24, 2.45) is 0 Å². The fourth-order valence-electron chi connectivity index (χ4n) is 4.01. The van der Waals surface area contributed by atoms with E-state index in [0.717, 1.165) is 38.9 Å². The maximum absolute atomic E-state index is 12.1. The van der Waals surface area contributed by atoms with Gasteiger partial charge < -0.3 is 16.0 Å². The Hall–Kier alpha value is -2.08. The van der Waals surface area contributed by atoms with Crippen LogP contribution in [0.15, 0.2) is 30.3 Å². The fraction of sp³-hybridized carbons (Fsp3) is 0.619. The molecule has 1 heterocycles. The van der Waals surface area contributed by atoms with E-state index in [4.69, 9.17) is 0 Å². The maximum Gasteiger partial charge on any atom is 0.315 e. The van der Waals surface area contributed by atoms with Crippen LogP contribution in [0.25, 0.3) is 0 Å². The molecule has 6 heteroatoms. The molecule has 1 aromatic rings. The lowest BCUT2D eigenvalue weighted by Gasteiger charge is -2.22. The van der Waals surface area contributed by atoms with Gasteiger partial charge in [-0.25, -0.2) is 4.79 Å². The largest absolute Gasteiger partial charge is 0.352 e. The van der Waals surface area contributed by atoms with Gasteiger partial charge in [0.15, 0.2) is 0 Å². The van der Waals surface area contributed by atoms with Crippen LogP contribution in [-0.2, 0) is 11.3 Å². The van der Waals surface area contributed by atoms with Gasteiger partial charge in [-0.1, -0.05) is 49.6 Å². The molecule has 0 spiro atoms. The summed E-state index contributed by atoms with van der Waals surface area (Å²) in [6.07, 6.45) is 7.08. The molecular formula is C21H32N4O2. The molecule has 6 nitrogen and oxygen atoms in total. The second-order valence-corrected chi connectivity index (χ2v) is 7.76. The molecular weight excluding hydrogens is 340 g/mol. The minimum absolute atomic E-state index is 0.0135. The van der Waals surface area contributed by atoms with Crippen LogP contribution in [-0.4, -0.2) is 48.6 Å². The van der Waals surface area contributed by atoms with Gasteiger partial charge in [-0.05, 0) is 24.8 Å². The molecule has 1 atom stereocenters. The van der Waals surface area contributed by atoms with Gasteiger partial charge in [0, 0.05) is 44.7 Å². The Morgan fingerprint density at radius 1 is 0.963 bits per heavy atom. The summed E-state index contributed by atoms with van der Waals surface area (Å²) < 4.78 is 0. The van der Waals surface area contributed by atoms with Crippen LogP contribution >= 0.6 is 0 Å². The first-order valence-corrected chi connectivity index (χ1v) is 10.3. The number of hydrogen-bond acceptors (Lipinski definition) is 3. The minimum atomic E-state index is -0.149. The van der Waals surface area contributed by atoms with Crippen LogP contribution < -0.4 is 16.0 Å². The van der Waals surface area contributed by atoms with Crippen molar-refractivity contribution in [3.8, 4) is 0 Å². The summed E-state index contributed by atoms with van der Waals surface area (Å²) in [5, 5.41) is 8.91. The number of amides is 3. The average Bonchev–Trinajstić information content (AvgIpc) is 3.10. The number of carbonyl (C=O) groups is 2. The third-order valence-electron chi connectivity index (χ3n) is 5.46. The summed E-state index contributed by atoms with van der Waals surface area (Å²) >= 11 is 0. The third kappa shape index (κ3) is 6.86. The Morgan fingerprint density at radius 3 is 2.52 bits per heavy atom. The van der Waals surface area contributed by atoms with Crippen LogP contribution in [0.4, 0.5) is 4.79 Å². The van der Waals surface area contributed by atoms with Crippen LogP contribution in [0.3, 0.4) is 0 Å². The standard InChI is InChI=1S/C21H32N4O2/c26-20(11-13-22-21(27)24-18-9-5-2-6-10-18)23-19-12-14-25(16-19)15-17-7-3-1-4-8-17/h1,3-4,7-8,18-19H,2,5-6,9-16H2,(H,23,26)(H2,22,24,27). The van der Waals surface area contributed by atoms with Gasteiger partial charge in [0.2, 0.25) is 5.91 Å². The van der Waals surface area contributed by atoms with Gasteiger partial charge in [0.05, 0.1) is 0 Å². The summed E-state index contributed by atoms with van der Waals surface area (Å²) in [5.41, 5.74) is 1.30. The molecule has 3 rings (SSSR count). The Bertz CT molecular complexity index is 601. The zero-order valence-corrected chi connectivity index (χ0v) is 16.1. The van der Waals surface area contributed by atoms with Crippen molar-refractivity contribution >= 4 is 11.9 Å². The normalized spacial score (nSPS) is 21.0. The molecule has 3 amide bonds. The van der Waals surface area contributed by atoms with E-state index in [1.54, 1.807) is 0 Å². The number of benzene rings is 1. The highest BCUT2D eigenvalue weighted by atomic mass is 16.2. The molecule has 2 fully saturated rings. The number of hydrogen-bond donors (Lipinski definition) is 3. The van der Waals surface area contributed by atoms with Gasteiger partial charge in [-0.3, -0.25) is 9.69 Å². The summed E-state index contributed by atoms with van der Waals surface area (Å²) in [5.74, 6) is 0.0135. The lowest BCUT2D eigenvalue weighted by atomic mass is 9.96. The molecule has 0 bridgehead atoms. The Kier molecular flexibility index (Phi) is 7.51. The van der Waals surface area contributed by atoms with E-state index >= 15 is 0 Å². The SMILES string of the molecule is O=C(CCNC(=O)NC1CCCCC1)NC1CCN(Cc2ccccc2)C1. The molecule has 1 aromatic carbocycles. The van der Waals surface area contributed by atoms with Crippen LogP contribution in [0, 0.1) is 0 Å². The first-order chi connectivity index (χ1) is 13.2. The summed E-state index contributed by atoms with van der Waals surface area (Å²) in [6.45, 7) is 3.19.